The van der Waals surface area contributed by atoms with E-state index in [-0.39, 0.29) is 5.02 Å². The minimum Gasteiger partial charge on any atom is -0.463 e. The van der Waals surface area contributed by atoms with E-state index in [9.17, 15) is 9.18 Å². The molecular weight excluding hydrogens is 415 g/mol. The SMILES string of the molecule is CCO[Si](CCCCCCOC(=O)/C=C/c1ccc(Cl)c(F)c1)(OCC)OCC. The first kappa shape index (κ1) is 25.8. The van der Waals surface area contributed by atoms with Gasteiger partial charge in [-0.25, -0.2) is 9.18 Å². The Bertz CT molecular complexity index is 624. The van der Waals surface area contributed by atoms with Crippen LogP contribution >= 0.6 is 11.6 Å². The zero-order valence-electron chi connectivity index (χ0n) is 17.5. The lowest BCUT2D eigenvalue weighted by Crippen LogP contribution is -2.45. The Kier molecular flexibility index (Phi) is 13.1. The van der Waals surface area contributed by atoms with Crippen molar-refractivity contribution in [2.75, 3.05) is 26.4 Å². The summed E-state index contributed by atoms with van der Waals surface area (Å²) >= 11 is 5.63. The van der Waals surface area contributed by atoms with Crippen LogP contribution in [-0.2, 0) is 22.8 Å². The third-order valence-corrected chi connectivity index (χ3v) is 7.53. The summed E-state index contributed by atoms with van der Waals surface area (Å²) in [6.45, 7) is 7.95. The van der Waals surface area contributed by atoms with E-state index in [0.29, 0.717) is 32.0 Å². The van der Waals surface area contributed by atoms with Crippen LogP contribution < -0.4 is 0 Å². The van der Waals surface area contributed by atoms with Crippen molar-refractivity contribution >= 4 is 32.5 Å². The van der Waals surface area contributed by atoms with E-state index in [2.05, 4.69) is 0 Å². The van der Waals surface area contributed by atoms with Crippen molar-refractivity contribution < 1.29 is 27.2 Å². The van der Waals surface area contributed by atoms with Crippen LogP contribution in [0.5, 0.6) is 0 Å². The van der Waals surface area contributed by atoms with Gasteiger partial charge >= 0.3 is 14.8 Å². The number of benzene rings is 1. The first-order chi connectivity index (χ1) is 14.0. The average Bonchev–Trinajstić information content (AvgIpc) is 2.69. The van der Waals surface area contributed by atoms with Crippen LogP contribution in [0, 0.1) is 5.82 Å². The fourth-order valence-electron chi connectivity index (χ4n) is 2.80. The smallest absolute Gasteiger partial charge is 0.463 e. The molecule has 29 heavy (non-hydrogen) atoms. The molecule has 0 aliphatic carbocycles. The summed E-state index contributed by atoms with van der Waals surface area (Å²) in [7, 11) is -2.56. The van der Waals surface area contributed by atoms with Crippen LogP contribution in [0.2, 0.25) is 11.1 Å². The molecule has 0 fully saturated rings. The first-order valence-corrected chi connectivity index (χ1v) is 12.5. The predicted molar refractivity (Wildman–Crippen MR) is 115 cm³/mol. The molecule has 0 unspecified atom stereocenters. The zero-order valence-corrected chi connectivity index (χ0v) is 19.3. The van der Waals surface area contributed by atoms with E-state index in [1.165, 1.54) is 24.3 Å². The van der Waals surface area contributed by atoms with Crippen LogP contribution in [-0.4, -0.2) is 41.2 Å². The molecule has 0 aliphatic heterocycles. The zero-order chi connectivity index (χ0) is 21.5. The third kappa shape index (κ3) is 10.4. The molecule has 5 nitrogen and oxygen atoms in total. The van der Waals surface area contributed by atoms with Gasteiger partial charge in [0.2, 0.25) is 0 Å². The minimum atomic E-state index is -2.56. The second-order valence-corrected chi connectivity index (χ2v) is 9.46. The van der Waals surface area contributed by atoms with Gasteiger partial charge in [-0.1, -0.05) is 30.5 Å². The summed E-state index contributed by atoms with van der Waals surface area (Å²) in [4.78, 5) is 11.7. The summed E-state index contributed by atoms with van der Waals surface area (Å²) < 4.78 is 36.0. The molecule has 0 saturated carbocycles. The van der Waals surface area contributed by atoms with Crippen LogP contribution in [0.4, 0.5) is 4.39 Å². The highest BCUT2D eigenvalue weighted by Gasteiger charge is 2.39. The summed E-state index contributed by atoms with van der Waals surface area (Å²) in [5.74, 6) is -0.969. The minimum absolute atomic E-state index is 0.0494. The molecule has 0 atom stereocenters. The number of carbonyl (C=O) groups excluding carboxylic acids is 1. The molecule has 0 aromatic heterocycles. The topological polar surface area (TPSA) is 54.0 Å². The largest absolute Gasteiger partial charge is 0.500 e. The molecule has 0 heterocycles. The Balaban J connectivity index is 2.24. The van der Waals surface area contributed by atoms with Crippen LogP contribution in [0.15, 0.2) is 24.3 Å². The van der Waals surface area contributed by atoms with E-state index in [1.54, 1.807) is 6.07 Å². The Labute approximate surface area is 179 Å². The molecule has 0 aliphatic rings. The quantitative estimate of drug-likeness (QED) is 0.151. The Morgan fingerprint density at radius 1 is 1.03 bits per heavy atom. The molecule has 1 aromatic rings. The number of unbranched alkanes of at least 4 members (excludes halogenated alkanes) is 3. The number of ether oxygens (including phenoxy) is 1. The number of rotatable bonds is 15. The highest BCUT2D eigenvalue weighted by atomic mass is 35.5. The molecule has 0 spiro atoms. The predicted octanol–water partition coefficient (Wildman–Crippen LogP) is 5.64. The van der Waals surface area contributed by atoms with Gasteiger partial charge in [0.1, 0.15) is 5.82 Å². The van der Waals surface area contributed by atoms with E-state index < -0.39 is 20.6 Å². The average molecular weight is 447 g/mol. The van der Waals surface area contributed by atoms with E-state index in [1.807, 2.05) is 20.8 Å². The molecule has 0 saturated heterocycles. The monoisotopic (exact) mass is 446 g/mol. The van der Waals surface area contributed by atoms with Crippen molar-refractivity contribution in [1.82, 2.24) is 0 Å². The molecule has 0 bridgehead atoms. The highest BCUT2D eigenvalue weighted by molar-refractivity contribution is 6.60. The maximum absolute atomic E-state index is 13.4. The van der Waals surface area contributed by atoms with Gasteiger partial charge in [-0.15, -0.1) is 0 Å². The van der Waals surface area contributed by atoms with Gasteiger partial charge in [-0.3, -0.25) is 0 Å². The van der Waals surface area contributed by atoms with Gasteiger partial charge in [0.15, 0.2) is 0 Å². The molecule has 1 rings (SSSR count). The summed E-state index contributed by atoms with van der Waals surface area (Å²) in [6.07, 6.45) is 6.44. The Hall–Kier alpha value is -1.25. The lowest BCUT2D eigenvalue weighted by atomic mass is 10.2. The maximum atomic E-state index is 13.4. The van der Waals surface area contributed by atoms with E-state index >= 15 is 0 Å². The van der Waals surface area contributed by atoms with Crippen molar-refractivity contribution in [3.63, 3.8) is 0 Å². The van der Waals surface area contributed by atoms with Crippen LogP contribution in [0.25, 0.3) is 6.08 Å². The van der Waals surface area contributed by atoms with Gasteiger partial charge in [0.25, 0.3) is 0 Å². The molecule has 0 radical (unpaired) electrons. The van der Waals surface area contributed by atoms with Crippen LogP contribution in [0.3, 0.4) is 0 Å². The lowest BCUT2D eigenvalue weighted by molar-refractivity contribution is -0.137. The van der Waals surface area contributed by atoms with Gasteiger partial charge in [0, 0.05) is 31.9 Å². The van der Waals surface area contributed by atoms with Crippen molar-refractivity contribution in [3.8, 4) is 0 Å². The highest BCUT2D eigenvalue weighted by Crippen LogP contribution is 2.20. The summed E-state index contributed by atoms with van der Waals surface area (Å²) in [6, 6.07) is 5.14. The standard InChI is InChI=1S/C21H32ClFO5Si/c1-4-26-29(27-5-2,28-6-3)16-10-8-7-9-15-25-21(24)14-12-18-11-13-19(22)20(23)17-18/h11-14,17H,4-10,15-16H2,1-3H3/b14-12+. The summed E-state index contributed by atoms with van der Waals surface area (Å²) in [5, 5.41) is 0.0494. The van der Waals surface area contributed by atoms with E-state index in [4.69, 9.17) is 29.6 Å². The van der Waals surface area contributed by atoms with Gasteiger partial charge in [-0.05, 0) is 57.4 Å². The molecule has 164 valence electrons. The second-order valence-electron chi connectivity index (χ2n) is 6.32. The number of hydrogen-bond donors (Lipinski definition) is 0. The normalized spacial score (nSPS) is 11.9. The molecule has 0 amide bonds. The molecular formula is C21H32ClFO5Si. The van der Waals surface area contributed by atoms with Crippen LogP contribution in [0.1, 0.15) is 52.0 Å². The molecule has 1 aromatic carbocycles. The number of halogens is 2. The van der Waals surface area contributed by atoms with E-state index in [0.717, 1.165) is 31.7 Å². The molecule has 8 heteroatoms. The number of esters is 1. The Morgan fingerprint density at radius 2 is 1.66 bits per heavy atom. The molecule has 0 N–H and O–H groups in total. The van der Waals surface area contributed by atoms with Crippen molar-refractivity contribution in [2.24, 2.45) is 0 Å². The summed E-state index contributed by atoms with van der Waals surface area (Å²) in [5.41, 5.74) is 0.550. The number of hydrogen-bond acceptors (Lipinski definition) is 5. The third-order valence-electron chi connectivity index (χ3n) is 4.07. The Morgan fingerprint density at radius 3 is 2.24 bits per heavy atom. The maximum Gasteiger partial charge on any atom is 0.500 e. The number of carbonyl (C=O) groups is 1. The second kappa shape index (κ2) is 14.7. The van der Waals surface area contributed by atoms with Gasteiger partial charge in [-0.2, -0.15) is 0 Å². The van der Waals surface area contributed by atoms with Crippen molar-refractivity contribution in [2.45, 2.75) is 52.5 Å². The van der Waals surface area contributed by atoms with Gasteiger partial charge < -0.3 is 18.0 Å². The van der Waals surface area contributed by atoms with Gasteiger partial charge in [0.05, 0.1) is 11.6 Å². The fraction of sp³-hybridized carbons (Fsp3) is 0.571. The first-order valence-electron chi connectivity index (χ1n) is 10.2. The van der Waals surface area contributed by atoms with Crippen molar-refractivity contribution in [1.29, 1.82) is 0 Å². The lowest BCUT2D eigenvalue weighted by Gasteiger charge is -2.28. The van der Waals surface area contributed by atoms with Crippen molar-refractivity contribution in [3.05, 3.63) is 40.7 Å². The fourth-order valence-corrected chi connectivity index (χ4v) is 5.60.